The molecular formula is C23H29B3N2O5. The molecule has 4 bridgehead atoms. The fraction of sp³-hybridized carbons (Fsp3) is 0.783. The van der Waals surface area contributed by atoms with Crippen molar-refractivity contribution in [2.24, 2.45) is 58.2 Å². The number of nitrogens with zero attached hydrogens (tertiary/aromatic N) is 2. The molecule has 2 spiro atoms. The molecule has 0 aromatic carbocycles. The van der Waals surface area contributed by atoms with E-state index in [4.69, 9.17) is 0 Å². The van der Waals surface area contributed by atoms with E-state index in [9.17, 15) is 24.0 Å². The Balaban J connectivity index is 1.22. The number of hydrogen-bond donors (Lipinski definition) is 0. The van der Waals surface area contributed by atoms with Gasteiger partial charge in [-0.05, 0) is 62.2 Å². The second kappa shape index (κ2) is 6.03. The highest BCUT2D eigenvalue weighted by atomic mass is 16.2. The molecule has 2 saturated heterocycles. The molecule has 0 N–H and O–H groups in total. The number of Topliss-reactive ketones (excluding diaryl/α,β-unsaturated/α-hetero) is 1. The molecule has 0 aromatic heterocycles. The Morgan fingerprint density at radius 1 is 0.818 bits per heavy atom. The van der Waals surface area contributed by atoms with Crippen LogP contribution in [0.5, 0.6) is 0 Å². The largest absolute Gasteiger partial charge is 0.338 e. The maximum absolute atomic E-state index is 14.4. The van der Waals surface area contributed by atoms with E-state index in [1.165, 1.54) is 9.71 Å². The molecule has 33 heavy (non-hydrogen) atoms. The van der Waals surface area contributed by atoms with Crippen LogP contribution in [0.4, 0.5) is 0 Å². The zero-order valence-electron chi connectivity index (χ0n) is 19.6. The normalized spacial score (nSPS) is 51.2. The lowest BCUT2D eigenvalue weighted by atomic mass is 9.20. The van der Waals surface area contributed by atoms with E-state index in [2.05, 4.69) is 0 Å². The molecule has 2 aliphatic heterocycles. The number of hydrogen-bond acceptors (Lipinski definition) is 5. The van der Waals surface area contributed by atoms with Crippen molar-refractivity contribution in [3.63, 3.8) is 0 Å². The molecule has 5 saturated carbocycles. The van der Waals surface area contributed by atoms with E-state index in [1.54, 1.807) is 7.05 Å². The summed E-state index contributed by atoms with van der Waals surface area (Å²) in [5.74, 6) is -0.898. The summed E-state index contributed by atoms with van der Waals surface area (Å²) in [6.45, 7) is 1.84. The molecule has 7 fully saturated rings. The van der Waals surface area contributed by atoms with E-state index in [-0.39, 0.29) is 83.5 Å². The average Bonchev–Trinajstić information content (AvgIpc) is 3.63. The molecule has 10 heteroatoms. The quantitative estimate of drug-likeness (QED) is 0.415. The van der Waals surface area contributed by atoms with Crippen molar-refractivity contribution in [3.8, 4) is 0 Å². The zero-order chi connectivity index (χ0) is 23.2. The number of ketones is 1. The Bertz CT molecular complexity index is 1070. The van der Waals surface area contributed by atoms with E-state index < -0.39 is 10.8 Å². The number of carbonyl (C=O) groups is 5. The molecule has 7 nitrogen and oxygen atoms in total. The van der Waals surface area contributed by atoms with Crippen molar-refractivity contribution in [1.82, 2.24) is 9.71 Å². The van der Waals surface area contributed by atoms with E-state index >= 15 is 0 Å². The van der Waals surface area contributed by atoms with Gasteiger partial charge in [0, 0.05) is 17.9 Å². The highest BCUT2D eigenvalue weighted by Gasteiger charge is 2.78. The van der Waals surface area contributed by atoms with Gasteiger partial charge in [-0.1, -0.05) is 6.82 Å². The van der Waals surface area contributed by atoms with Crippen molar-refractivity contribution in [2.45, 2.75) is 45.3 Å². The molecule has 7 aliphatic rings. The van der Waals surface area contributed by atoms with E-state index in [0.717, 1.165) is 45.6 Å². The standard InChI is InChI=1S/C23H29B3N2O5/c1-26(25-24)28-19(31)14-10-6-12(16(14)20(28)32)23(8-10)4-3-22(21(23)33)7-9-5-11(22)15-13(9)17(29)27(2)18(15)30/h9-16,25H,3-8,24H2,1-2H3/t9?,10?,11-,12-,13?,14?,15?,16?,22?,23-/m1/s1. The summed E-state index contributed by atoms with van der Waals surface area (Å²) in [7, 11) is 4.32. The Labute approximate surface area is 195 Å². The summed E-state index contributed by atoms with van der Waals surface area (Å²) in [6.07, 6.45) is 4.62. The minimum absolute atomic E-state index is 0.0114. The third-order valence-corrected chi connectivity index (χ3v) is 11.7. The fourth-order valence-corrected chi connectivity index (χ4v) is 10.4. The van der Waals surface area contributed by atoms with Crippen LogP contribution in [0.2, 0.25) is 6.82 Å². The highest BCUT2D eigenvalue weighted by molar-refractivity contribution is 7.30. The van der Waals surface area contributed by atoms with Gasteiger partial charge in [0.05, 0.1) is 38.5 Å². The van der Waals surface area contributed by atoms with E-state index in [1.807, 2.05) is 14.6 Å². The van der Waals surface area contributed by atoms with Crippen LogP contribution in [-0.2, 0) is 24.0 Å². The molecule has 2 heterocycles. The van der Waals surface area contributed by atoms with Gasteiger partial charge in [-0.3, -0.25) is 28.9 Å². The van der Waals surface area contributed by atoms with Gasteiger partial charge in [-0.2, -0.15) is 0 Å². The van der Waals surface area contributed by atoms with Crippen LogP contribution in [0.1, 0.15) is 38.5 Å². The van der Waals surface area contributed by atoms with Crippen LogP contribution in [0, 0.1) is 58.2 Å². The monoisotopic (exact) mass is 446 g/mol. The third-order valence-electron chi connectivity index (χ3n) is 11.7. The van der Waals surface area contributed by atoms with Crippen LogP contribution in [0.15, 0.2) is 0 Å². The average molecular weight is 446 g/mol. The lowest BCUT2D eigenvalue weighted by Crippen LogP contribution is -2.49. The SMILES string of the molecule is BBB(C)N1C(=O)C2C3C[C@H](C2C1=O)[C@@]1(CCC2(CC4C[C@@H]2C2C(=O)N(C)C(=O)C42)C1=O)C3. The Morgan fingerprint density at radius 2 is 1.27 bits per heavy atom. The molecule has 7 unspecified atom stereocenters. The minimum Gasteiger partial charge on any atom is -0.338 e. The molecule has 0 radical (unpaired) electrons. The van der Waals surface area contributed by atoms with Crippen LogP contribution >= 0.6 is 0 Å². The molecule has 4 amide bonds. The van der Waals surface area contributed by atoms with Gasteiger partial charge in [-0.15, -0.1) is 0 Å². The lowest BCUT2D eigenvalue weighted by Gasteiger charge is -2.42. The van der Waals surface area contributed by atoms with Crippen LogP contribution < -0.4 is 0 Å². The topological polar surface area (TPSA) is 91.8 Å². The first kappa shape index (κ1) is 20.5. The molecule has 5 aliphatic carbocycles. The maximum Gasteiger partial charge on any atom is 0.233 e. The smallest absolute Gasteiger partial charge is 0.233 e. The summed E-state index contributed by atoms with van der Waals surface area (Å²) in [6, 6.07) is 0. The number of carbonyl (C=O) groups excluding carboxylic acids is 5. The molecule has 0 aromatic rings. The molecule has 170 valence electrons. The maximum atomic E-state index is 14.4. The second-order valence-corrected chi connectivity index (χ2v) is 12.4. The fourth-order valence-electron chi connectivity index (χ4n) is 10.4. The molecule has 7 rings (SSSR count). The third kappa shape index (κ3) is 2.00. The van der Waals surface area contributed by atoms with Crippen molar-refractivity contribution < 1.29 is 24.0 Å². The molecule has 10 atom stereocenters. The van der Waals surface area contributed by atoms with Gasteiger partial charge in [0.1, 0.15) is 5.78 Å². The zero-order valence-corrected chi connectivity index (χ0v) is 19.6. The summed E-state index contributed by atoms with van der Waals surface area (Å²) >= 11 is 0. The second-order valence-electron chi connectivity index (χ2n) is 12.4. The Hall–Kier alpha value is -1.86. The van der Waals surface area contributed by atoms with Crippen molar-refractivity contribution in [2.75, 3.05) is 7.05 Å². The number of amides is 4. The van der Waals surface area contributed by atoms with E-state index in [0.29, 0.717) is 0 Å². The van der Waals surface area contributed by atoms with Gasteiger partial charge >= 0.3 is 0 Å². The first-order chi connectivity index (χ1) is 15.7. The van der Waals surface area contributed by atoms with Crippen molar-refractivity contribution in [3.05, 3.63) is 0 Å². The van der Waals surface area contributed by atoms with Crippen LogP contribution in [-0.4, -0.2) is 67.7 Å². The van der Waals surface area contributed by atoms with Gasteiger partial charge in [0.15, 0.2) is 0 Å². The lowest BCUT2D eigenvalue weighted by molar-refractivity contribution is -0.145. The first-order valence-electron chi connectivity index (χ1n) is 12.9. The van der Waals surface area contributed by atoms with Crippen LogP contribution in [0.25, 0.3) is 0 Å². The van der Waals surface area contributed by atoms with Gasteiger partial charge in [-0.25, -0.2) is 0 Å². The Kier molecular flexibility index (Phi) is 3.75. The number of imide groups is 2. The number of likely N-dealkylation sites (tertiary alicyclic amines) is 1. The van der Waals surface area contributed by atoms with Gasteiger partial charge in [0.25, 0.3) is 0 Å². The van der Waals surface area contributed by atoms with Gasteiger partial charge < -0.3 is 4.81 Å². The predicted molar refractivity (Wildman–Crippen MR) is 122 cm³/mol. The van der Waals surface area contributed by atoms with Crippen molar-refractivity contribution in [1.29, 1.82) is 0 Å². The summed E-state index contributed by atoms with van der Waals surface area (Å²) in [5, 5.41) is 0. The number of fused-ring (bicyclic) bond motifs is 12. The highest BCUT2D eigenvalue weighted by Crippen LogP contribution is 2.75. The van der Waals surface area contributed by atoms with Gasteiger partial charge in [0.2, 0.25) is 30.4 Å². The summed E-state index contributed by atoms with van der Waals surface area (Å²) in [5.41, 5.74) is -1.01. The number of rotatable bonds is 2. The summed E-state index contributed by atoms with van der Waals surface area (Å²) < 4.78 is 0. The minimum atomic E-state index is -0.509. The molecular weight excluding hydrogens is 417 g/mol. The van der Waals surface area contributed by atoms with Crippen LogP contribution in [0.3, 0.4) is 0 Å². The Morgan fingerprint density at radius 3 is 1.82 bits per heavy atom. The predicted octanol–water partition coefficient (Wildman–Crippen LogP) is -0.663. The first-order valence-corrected chi connectivity index (χ1v) is 12.9. The van der Waals surface area contributed by atoms with Crippen molar-refractivity contribution >= 4 is 50.9 Å². The summed E-state index contributed by atoms with van der Waals surface area (Å²) in [4.78, 5) is 69.5.